The van der Waals surface area contributed by atoms with Crippen molar-refractivity contribution in [2.75, 3.05) is 25.1 Å². The lowest BCUT2D eigenvalue weighted by Crippen LogP contribution is -2.26. The third kappa shape index (κ3) is 2.27. The Morgan fingerprint density at radius 3 is 2.55 bits per heavy atom. The summed E-state index contributed by atoms with van der Waals surface area (Å²) in [7, 11) is 1.55. The lowest BCUT2D eigenvalue weighted by atomic mass is 10.1. The molecule has 5 nitrogen and oxygen atoms in total. The maximum absolute atomic E-state index is 12.4. The number of hydrogen-bond acceptors (Lipinski definition) is 5. The molecule has 106 valence electrons. The highest BCUT2D eigenvalue weighted by Gasteiger charge is 2.18. The van der Waals surface area contributed by atoms with Crippen LogP contribution in [0.5, 0.6) is 5.75 Å². The van der Waals surface area contributed by atoms with Gasteiger partial charge in [-0.05, 0) is 26.0 Å². The van der Waals surface area contributed by atoms with Crippen LogP contribution < -0.4 is 15.1 Å². The van der Waals surface area contributed by atoms with Gasteiger partial charge in [-0.2, -0.15) is 0 Å². The van der Waals surface area contributed by atoms with E-state index in [1.165, 1.54) is 0 Å². The zero-order valence-electron chi connectivity index (χ0n) is 11.8. The van der Waals surface area contributed by atoms with Gasteiger partial charge >= 0.3 is 0 Å². The Labute approximate surface area is 116 Å². The molecule has 1 aromatic carbocycles. The van der Waals surface area contributed by atoms with E-state index >= 15 is 0 Å². The zero-order chi connectivity index (χ0) is 14.7. The van der Waals surface area contributed by atoms with Crippen molar-refractivity contribution in [3.63, 3.8) is 0 Å². The van der Waals surface area contributed by atoms with Gasteiger partial charge in [0.05, 0.1) is 12.5 Å². The highest BCUT2D eigenvalue weighted by atomic mass is 16.5. The molecular weight excluding hydrogens is 258 g/mol. The molecule has 2 aromatic rings. The van der Waals surface area contributed by atoms with Crippen molar-refractivity contribution in [3.05, 3.63) is 34.0 Å². The minimum Gasteiger partial charge on any atom is -0.497 e. The second-order valence-electron chi connectivity index (χ2n) is 4.30. The van der Waals surface area contributed by atoms with Gasteiger partial charge in [0.2, 0.25) is 11.3 Å². The molecular formula is C15H17NO4. The molecule has 0 aliphatic carbocycles. The number of carbonyl (C=O) groups excluding carboxylic acids is 1. The van der Waals surface area contributed by atoms with E-state index in [1.807, 2.05) is 18.7 Å². The smallest absolute Gasteiger partial charge is 0.210 e. The second kappa shape index (κ2) is 5.77. The highest BCUT2D eigenvalue weighted by molar-refractivity contribution is 5.90. The van der Waals surface area contributed by atoms with Gasteiger partial charge in [-0.25, -0.2) is 0 Å². The lowest BCUT2D eigenvalue weighted by molar-refractivity contribution is 0.112. The molecule has 0 radical (unpaired) electrons. The molecule has 0 aliphatic heterocycles. The van der Waals surface area contributed by atoms with Crippen molar-refractivity contribution in [1.82, 2.24) is 0 Å². The lowest BCUT2D eigenvalue weighted by Gasteiger charge is -2.20. The SMILES string of the molecule is CCN(CC)c1oc2cc(OC)ccc2c(=O)c1C=O. The minimum absolute atomic E-state index is 0.0615. The van der Waals surface area contributed by atoms with Crippen LogP contribution in [-0.4, -0.2) is 26.5 Å². The number of hydrogen-bond donors (Lipinski definition) is 0. The van der Waals surface area contributed by atoms with Gasteiger partial charge in [-0.15, -0.1) is 0 Å². The topological polar surface area (TPSA) is 59.8 Å². The summed E-state index contributed by atoms with van der Waals surface area (Å²) in [4.78, 5) is 25.4. The van der Waals surface area contributed by atoms with Crippen LogP contribution in [0.25, 0.3) is 11.0 Å². The van der Waals surface area contributed by atoms with E-state index in [0.717, 1.165) is 0 Å². The Morgan fingerprint density at radius 1 is 1.30 bits per heavy atom. The normalized spacial score (nSPS) is 10.6. The van der Waals surface area contributed by atoms with Gasteiger partial charge in [0.15, 0.2) is 6.29 Å². The van der Waals surface area contributed by atoms with Crippen molar-refractivity contribution in [2.45, 2.75) is 13.8 Å². The molecule has 5 heteroatoms. The van der Waals surface area contributed by atoms with E-state index in [1.54, 1.807) is 25.3 Å². The van der Waals surface area contributed by atoms with Crippen LogP contribution in [0, 0.1) is 0 Å². The van der Waals surface area contributed by atoms with Gasteiger partial charge in [0.25, 0.3) is 0 Å². The summed E-state index contributed by atoms with van der Waals surface area (Å²) >= 11 is 0. The molecule has 0 atom stereocenters. The molecule has 1 heterocycles. The summed E-state index contributed by atoms with van der Waals surface area (Å²) in [6, 6.07) is 4.93. The fraction of sp³-hybridized carbons (Fsp3) is 0.333. The van der Waals surface area contributed by atoms with Gasteiger partial charge in [-0.3, -0.25) is 9.59 Å². The average molecular weight is 275 g/mol. The molecule has 0 fully saturated rings. The van der Waals surface area contributed by atoms with Crippen molar-refractivity contribution in [3.8, 4) is 5.75 Å². The molecule has 0 spiro atoms. The van der Waals surface area contributed by atoms with E-state index in [4.69, 9.17) is 9.15 Å². The molecule has 0 amide bonds. The van der Waals surface area contributed by atoms with Crippen LogP contribution in [0.3, 0.4) is 0 Å². The van der Waals surface area contributed by atoms with Crippen molar-refractivity contribution in [2.24, 2.45) is 0 Å². The van der Waals surface area contributed by atoms with E-state index in [9.17, 15) is 9.59 Å². The van der Waals surface area contributed by atoms with Crippen LogP contribution in [0.2, 0.25) is 0 Å². The number of nitrogens with zero attached hydrogens (tertiary/aromatic N) is 1. The van der Waals surface area contributed by atoms with E-state index < -0.39 is 0 Å². The Morgan fingerprint density at radius 2 is 2.00 bits per heavy atom. The van der Waals surface area contributed by atoms with Gasteiger partial charge < -0.3 is 14.1 Å². The minimum atomic E-state index is -0.314. The van der Waals surface area contributed by atoms with Crippen molar-refractivity contribution >= 4 is 23.1 Å². The summed E-state index contributed by atoms with van der Waals surface area (Å²) < 4.78 is 10.9. The summed E-state index contributed by atoms with van der Waals surface area (Å²) in [5.74, 6) is 0.917. The number of carbonyl (C=O) groups is 1. The van der Waals surface area contributed by atoms with Crippen LogP contribution >= 0.6 is 0 Å². The maximum Gasteiger partial charge on any atom is 0.210 e. The third-order valence-corrected chi connectivity index (χ3v) is 3.28. The number of methoxy groups -OCH3 is 1. The van der Waals surface area contributed by atoms with Crippen LogP contribution in [0.4, 0.5) is 5.88 Å². The fourth-order valence-electron chi connectivity index (χ4n) is 2.15. The van der Waals surface area contributed by atoms with Crippen LogP contribution in [-0.2, 0) is 0 Å². The van der Waals surface area contributed by atoms with Gasteiger partial charge in [-0.1, -0.05) is 0 Å². The van der Waals surface area contributed by atoms with Gasteiger partial charge in [0, 0.05) is 19.2 Å². The van der Waals surface area contributed by atoms with Crippen LogP contribution in [0.1, 0.15) is 24.2 Å². The Kier molecular flexibility index (Phi) is 4.08. The first-order chi connectivity index (χ1) is 9.65. The highest BCUT2D eigenvalue weighted by Crippen LogP contribution is 2.25. The van der Waals surface area contributed by atoms with Crippen molar-refractivity contribution < 1.29 is 13.9 Å². The summed E-state index contributed by atoms with van der Waals surface area (Å²) in [6.07, 6.45) is 0.559. The summed E-state index contributed by atoms with van der Waals surface area (Å²) in [5, 5.41) is 0.379. The molecule has 0 aliphatic rings. The molecule has 20 heavy (non-hydrogen) atoms. The fourth-order valence-corrected chi connectivity index (χ4v) is 2.15. The Bertz CT molecular complexity index is 686. The maximum atomic E-state index is 12.4. The Hall–Kier alpha value is -2.30. The molecule has 2 rings (SSSR count). The zero-order valence-corrected chi connectivity index (χ0v) is 11.8. The number of benzene rings is 1. The number of ether oxygens (including phenoxy) is 1. The molecule has 1 aromatic heterocycles. The standard InChI is InChI=1S/C15H17NO4/c1-4-16(5-2)15-12(9-17)14(18)11-7-6-10(19-3)8-13(11)20-15/h6-9H,4-5H2,1-3H3. The average Bonchev–Trinajstić information content (AvgIpc) is 2.48. The molecule has 0 saturated heterocycles. The molecule has 0 saturated carbocycles. The molecule has 0 N–H and O–H groups in total. The summed E-state index contributed by atoms with van der Waals surface area (Å²) in [6.45, 7) is 5.17. The largest absolute Gasteiger partial charge is 0.497 e. The first-order valence-corrected chi connectivity index (χ1v) is 6.51. The predicted octanol–water partition coefficient (Wildman–Crippen LogP) is 2.46. The Balaban J connectivity index is 2.79. The van der Waals surface area contributed by atoms with Gasteiger partial charge in [0.1, 0.15) is 16.9 Å². The molecule has 0 unspecified atom stereocenters. The number of fused-ring (bicyclic) bond motifs is 1. The number of anilines is 1. The first kappa shape index (κ1) is 14.1. The second-order valence-corrected chi connectivity index (χ2v) is 4.30. The first-order valence-electron chi connectivity index (χ1n) is 6.51. The quantitative estimate of drug-likeness (QED) is 0.784. The third-order valence-electron chi connectivity index (χ3n) is 3.28. The predicted molar refractivity (Wildman–Crippen MR) is 78.0 cm³/mol. The monoisotopic (exact) mass is 275 g/mol. The van der Waals surface area contributed by atoms with E-state index in [0.29, 0.717) is 42.0 Å². The number of rotatable bonds is 5. The van der Waals surface area contributed by atoms with Crippen molar-refractivity contribution in [1.29, 1.82) is 0 Å². The molecule has 0 bridgehead atoms. The summed E-state index contributed by atoms with van der Waals surface area (Å²) in [5.41, 5.74) is 0.166. The van der Waals surface area contributed by atoms with E-state index in [-0.39, 0.29) is 11.0 Å². The van der Waals surface area contributed by atoms with E-state index in [2.05, 4.69) is 0 Å². The van der Waals surface area contributed by atoms with Crippen LogP contribution in [0.15, 0.2) is 27.4 Å². The number of aldehydes is 1.